The molecule has 0 unspecified atom stereocenters. The summed E-state index contributed by atoms with van der Waals surface area (Å²) < 4.78 is 5.02. The van der Waals surface area contributed by atoms with E-state index < -0.39 is 0 Å². The van der Waals surface area contributed by atoms with E-state index >= 15 is 0 Å². The monoisotopic (exact) mass is 133 g/mol. The van der Waals surface area contributed by atoms with E-state index in [-0.39, 0.29) is 0 Å². The molecule has 1 aromatic heterocycles. The minimum absolute atomic E-state index is 0.762. The molecule has 0 aromatic carbocycles. The average Bonchev–Trinajstić information content (AvgIpc) is 2.05. The largest absolute Gasteiger partial charge is 0.450 e. The lowest BCUT2D eigenvalue weighted by molar-refractivity contribution is 0.448. The lowest BCUT2D eigenvalue weighted by Crippen LogP contribution is -1.99. The smallest absolute Gasteiger partial charge is 0.187 e. The van der Waals surface area contributed by atoms with E-state index in [0.717, 1.165) is 11.4 Å². The van der Waals surface area contributed by atoms with Crippen molar-refractivity contribution in [1.29, 1.82) is 0 Å². The molecule has 0 aliphatic carbocycles. The van der Waals surface area contributed by atoms with Gasteiger partial charge in [0, 0.05) is 18.5 Å². The minimum atomic E-state index is 0.762. The van der Waals surface area contributed by atoms with Gasteiger partial charge in [-0.05, 0) is 0 Å². The number of ether oxygens (including phenoxy) is 1. The highest BCUT2D eigenvalue weighted by atomic mass is 16.5. The second kappa shape index (κ2) is 2.02. The summed E-state index contributed by atoms with van der Waals surface area (Å²) in [5.41, 5.74) is 0.876. The van der Waals surface area contributed by atoms with E-state index in [1.54, 1.807) is 24.7 Å². The number of aromatic nitrogens is 1. The van der Waals surface area contributed by atoms with Crippen molar-refractivity contribution in [2.75, 3.05) is 5.32 Å². The van der Waals surface area contributed by atoms with Crippen molar-refractivity contribution in [1.82, 2.24) is 4.98 Å². The molecule has 3 heteroatoms. The molecule has 3 nitrogen and oxygen atoms in total. The SMILES string of the molecule is [C]1=CNc2cnccc2O1. The number of hydrogen-bond donors (Lipinski definition) is 1. The maximum atomic E-state index is 5.02. The highest BCUT2D eigenvalue weighted by Gasteiger charge is 2.03. The second-order valence-electron chi connectivity index (χ2n) is 1.88. The van der Waals surface area contributed by atoms with Crippen molar-refractivity contribution >= 4 is 5.69 Å². The Labute approximate surface area is 58.3 Å². The Balaban J connectivity index is 2.47. The van der Waals surface area contributed by atoms with Crippen molar-refractivity contribution in [2.45, 2.75) is 0 Å². The van der Waals surface area contributed by atoms with Crippen LogP contribution in [0.4, 0.5) is 5.69 Å². The van der Waals surface area contributed by atoms with Gasteiger partial charge in [-0.25, -0.2) is 0 Å². The molecule has 0 bridgehead atoms. The lowest BCUT2D eigenvalue weighted by Gasteiger charge is -2.09. The molecule has 0 atom stereocenters. The Hall–Kier alpha value is -1.51. The van der Waals surface area contributed by atoms with Gasteiger partial charge in [0.15, 0.2) is 12.0 Å². The van der Waals surface area contributed by atoms with Gasteiger partial charge in [-0.2, -0.15) is 0 Å². The summed E-state index contributed by atoms with van der Waals surface area (Å²) >= 11 is 0. The molecule has 1 N–H and O–H groups in total. The fourth-order valence-electron chi connectivity index (χ4n) is 0.779. The third-order valence-corrected chi connectivity index (χ3v) is 1.24. The first-order chi connectivity index (χ1) is 4.97. The van der Waals surface area contributed by atoms with Crippen LogP contribution in [0.5, 0.6) is 5.75 Å². The Kier molecular flexibility index (Phi) is 1.07. The van der Waals surface area contributed by atoms with E-state index in [4.69, 9.17) is 4.74 Å². The second-order valence-corrected chi connectivity index (χ2v) is 1.88. The Bertz CT molecular complexity index is 243. The maximum absolute atomic E-state index is 5.02. The number of hydrogen-bond acceptors (Lipinski definition) is 3. The molecule has 1 aromatic rings. The van der Waals surface area contributed by atoms with Crippen LogP contribution in [0.2, 0.25) is 0 Å². The van der Waals surface area contributed by atoms with Crippen LogP contribution >= 0.6 is 0 Å². The van der Waals surface area contributed by atoms with Gasteiger partial charge < -0.3 is 10.1 Å². The number of nitrogens with zero attached hydrogens (tertiary/aromatic N) is 1. The average molecular weight is 133 g/mol. The summed E-state index contributed by atoms with van der Waals surface area (Å²) in [6.45, 7) is 0. The first-order valence-corrected chi connectivity index (χ1v) is 2.91. The van der Waals surface area contributed by atoms with Gasteiger partial charge in [-0.15, -0.1) is 0 Å². The van der Waals surface area contributed by atoms with Crippen LogP contribution in [0.15, 0.2) is 24.7 Å². The predicted molar refractivity (Wildman–Crippen MR) is 36.3 cm³/mol. The molecule has 0 saturated carbocycles. The number of pyridine rings is 1. The van der Waals surface area contributed by atoms with Crippen LogP contribution in [0.3, 0.4) is 0 Å². The predicted octanol–water partition coefficient (Wildman–Crippen LogP) is 1.16. The Morgan fingerprint density at radius 1 is 1.60 bits per heavy atom. The first-order valence-electron chi connectivity index (χ1n) is 2.91. The molecule has 0 fully saturated rings. The molecular weight excluding hydrogens is 128 g/mol. The van der Waals surface area contributed by atoms with Gasteiger partial charge in [0.2, 0.25) is 0 Å². The van der Waals surface area contributed by atoms with E-state index in [0.29, 0.717) is 0 Å². The zero-order chi connectivity index (χ0) is 6.81. The van der Waals surface area contributed by atoms with Gasteiger partial charge in [0.05, 0.1) is 6.20 Å². The highest BCUT2D eigenvalue weighted by molar-refractivity contribution is 5.57. The summed E-state index contributed by atoms with van der Waals surface area (Å²) in [5.74, 6) is 0.762. The van der Waals surface area contributed by atoms with Crippen LogP contribution in [-0.4, -0.2) is 4.98 Å². The van der Waals surface area contributed by atoms with Crippen LogP contribution in [0, 0.1) is 6.26 Å². The molecule has 1 aliphatic rings. The zero-order valence-electron chi connectivity index (χ0n) is 5.16. The summed E-state index contributed by atoms with van der Waals surface area (Å²) in [6.07, 6.45) is 7.55. The quantitative estimate of drug-likeness (QED) is 0.576. The Morgan fingerprint density at radius 3 is 3.50 bits per heavy atom. The van der Waals surface area contributed by atoms with Gasteiger partial charge in [-0.3, -0.25) is 4.98 Å². The lowest BCUT2D eigenvalue weighted by atomic mass is 10.4. The summed E-state index contributed by atoms with van der Waals surface area (Å²) in [7, 11) is 0. The van der Waals surface area contributed by atoms with Crippen LogP contribution in [0.25, 0.3) is 0 Å². The standard InChI is InChI=1S/C7H5N2O/c1-2-8-5-6-7(1)10-4-3-9-6/h1-3,5,9H. The highest BCUT2D eigenvalue weighted by Crippen LogP contribution is 2.24. The molecular formula is C7H5N2O. The number of anilines is 1. The molecule has 2 rings (SSSR count). The maximum Gasteiger partial charge on any atom is 0.187 e. The molecule has 49 valence electrons. The summed E-state index contributed by atoms with van der Waals surface area (Å²) in [5, 5.41) is 2.94. The first kappa shape index (κ1) is 5.29. The molecule has 1 aliphatic heterocycles. The van der Waals surface area contributed by atoms with E-state index in [9.17, 15) is 0 Å². The summed E-state index contributed by atoms with van der Waals surface area (Å²) in [4.78, 5) is 3.91. The van der Waals surface area contributed by atoms with Gasteiger partial charge >= 0.3 is 0 Å². The van der Waals surface area contributed by atoms with Crippen LogP contribution in [-0.2, 0) is 0 Å². The van der Waals surface area contributed by atoms with Gasteiger partial charge in [-0.1, -0.05) is 0 Å². The van der Waals surface area contributed by atoms with Crippen molar-refractivity contribution in [3.05, 3.63) is 30.9 Å². The fourth-order valence-corrected chi connectivity index (χ4v) is 0.779. The molecule has 0 saturated heterocycles. The van der Waals surface area contributed by atoms with Crippen molar-refractivity contribution < 1.29 is 4.74 Å². The normalized spacial score (nSPS) is 13.2. The molecule has 2 heterocycles. The molecule has 10 heavy (non-hydrogen) atoms. The molecule has 0 amide bonds. The van der Waals surface area contributed by atoms with E-state index in [1.807, 2.05) is 0 Å². The third kappa shape index (κ3) is 0.719. The number of nitrogens with one attached hydrogen (secondary N) is 1. The van der Waals surface area contributed by atoms with Crippen LogP contribution in [0.1, 0.15) is 0 Å². The fraction of sp³-hybridized carbons (Fsp3) is 0. The van der Waals surface area contributed by atoms with Crippen molar-refractivity contribution in [3.8, 4) is 5.75 Å². The van der Waals surface area contributed by atoms with Crippen LogP contribution < -0.4 is 10.1 Å². The van der Waals surface area contributed by atoms with Gasteiger partial charge in [0.25, 0.3) is 0 Å². The number of rotatable bonds is 0. The van der Waals surface area contributed by atoms with E-state index in [1.165, 1.54) is 0 Å². The van der Waals surface area contributed by atoms with E-state index in [2.05, 4.69) is 16.6 Å². The zero-order valence-corrected chi connectivity index (χ0v) is 5.16. The molecule has 0 spiro atoms. The number of fused-ring (bicyclic) bond motifs is 1. The van der Waals surface area contributed by atoms with Crippen molar-refractivity contribution in [2.24, 2.45) is 0 Å². The summed E-state index contributed by atoms with van der Waals surface area (Å²) in [6, 6.07) is 1.78. The topological polar surface area (TPSA) is 34.2 Å². The minimum Gasteiger partial charge on any atom is -0.450 e. The van der Waals surface area contributed by atoms with Gasteiger partial charge in [0.1, 0.15) is 5.69 Å². The molecule has 1 radical (unpaired) electrons. The third-order valence-electron chi connectivity index (χ3n) is 1.24. The Morgan fingerprint density at radius 2 is 2.60 bits per heavy atom. The van der Waals surface area contributed by atoms with Crippen molar-refractivity contribution in [3.63, 3.8) is 0 Å².